The zero-order valence-electron chi connectivity index (χ0n) is 8.19. The maximum absolute atomic E-state index is 11.6. The molecule has 1 rings (SSSR count). The Labute approximate surface area is 92.0 Å². The van der Waals surface area contributed by atoms with Crippen LogP contribution in [0, 0.1) is 6.57 Å². The molecule has 15 heavy (non-hydrogen) atoms. The molecule has 0 saturated carbocycles. The summed E-state index contributed by atoms with van der Waals surface area (Å²) in [7, 11) is 2.83. The predicted molar refractivity (Wildman–Crippen MR) is 54.6 cm³/mol. The van der Waals surface area contributed by atoms with E-state index in [4.69, 9.17) is 23.0 Å². The first kappa shape index (κ1) is 11.4. The smallest absolute Gasteiger partial charge is 0.282 e. The lowest BCUT2D eigenvalue weighted by molar-refractivity contribution is -0.0757. The molecule has 0 N–H and O–H groups in total. The maximum Gasteiger partial charge on any atom is 0.282 e. The number of hydroxylamine groups is 2. The average Bonchev–Trinajstić information content (AvgIpc) is 2.26. The fourth-order valence-corrected chi connectivity index (χ4v) is 1.13. The van der Waals surface area contributed by atoms with Gasteiger partial charge in [-0.15, -0.1) is 4.98 Å². The van der Waals surface area contributed by atoms with Crippen LogP contribution in [-0.4, -0.2) is 30.1 Å². The largest absolute Gasteiger partial charge is 0.361 e. The standard InChI is InChI=1S/C9H8ClN3O2/c1-11-7-5-4-6(8(10)12-7)9(14)13(2)15-3/h4-5H,2-3H3. The van der Waals surface area contributed by atoms with Gasteiger partial charge in [0.2, 0.25) is 5.15 Å². The molecule has 78 valence electrons. The molecule has 6 heteroatoms. The minimum atomic E-state index is -0.411. The van der Waals surface area contributed by atoms with Crippen molar-refractivity contribution < 1.29 is 9.63 Å². The third kappa shape index (κ3) is 2.43. The van der Waals surface area contributed by atoms with Crippen LogP contribution in [0.5, 0.6) is 0 Å². The van der Waals surface area contributed by atoms with Crippen molar-refractivity contribution in [2.45, 2.75) is 0 Å². The third-order valence-electron chi connectivity index (χ3n) is 1.74. The predicted octanol–water partition coefficient (Wildman–Crippen LogP) is 1.92. The van der Waals surface area contributed by atoms with Gasteiger partial charge in [-0.2, -0.15) is 0 Å². The zero-order valence-corrected chi connectivity index (χ0v) is 8.95. The summed E-state index contributed by atoms with van der Waals surface area (Å²) in [4.78, 5) is 23.1. The summed E-state index contributed by atoms with van der Waals surface area (Å²) in [5, 5.41) is 1.03. The van der Waals surface area contributed by atoms with Gasteiger partial charge >= 0.3 is 0 Å². The van der Waals surface area contributed by atoms with Gasteiger partial charge in [-0.25, -0.2) is 5.06 Å². The molecule has 5 nitrogen and oxygen atoms in total. The van der Waals surface area contributed by atoms with Gasteiger partial charge in [0.1, 0.15) is 5.56 Å². The normalized spacial score (nSPS) is 9.47. The number of amides is 1. The van der Waals surface area contributed by atoms with E-state index in [1.807, 2.05) is 0 Å². The lowest BCUT2D eigenvalue weighted by Crippen LogP contribution is -2.25. The van der Waals surface area contributed by atoms with Crippen LogP contribution >= 0.6 is 11.6 Å². The van der Waals surface area contributed by atoms with Crippen LogP contribution in [0.3, 0.4) is 0 Å². The number of hydrogen-bond acceptors (Lipinski definition) is 3. The van der Waals surface area contributed by atoms with Crippen molar-refractivity contribution in [2.24, 2.45) is 0 Å². The fourth-order valence-electron chi connectivity index (χ4n) is 0.899. The molecule has 0 fully saturated rings. The molecule has 0 saturated heterocycles. The van der Waals surface area contributed by atoms with Crippen LogP contribution in [0.25, 0.3) is 4.85 Å². The van der Waals surface area contributed by atoms with Crippen molar-refractivity contribution in [3.8, 4) is 0 Å². The molecule has 1 heterocycles. The molecule has 0 aliphatic carbocycles. The molecule has 0 atom stereocenters. The monoisotopic (exact) mass is 225 g/mol. The highest BCUT2D eigenvalue weighted by Gasteiger charge is 2.18. The summed E-state index contributed by atoms with van der Waals surface area (Å²) in [6.07, 6.45) is 0. The van der Waals surface area contributed by atoms with E-state index in [1.54, 1.807) is 0 Å². The van der Waals surface area contributed by atoms with E-state index >= 15 is 0 Å². The first-order chi connectivity index (χ1) is 7.10. The molecule has 0 aromatic carbocycles. The van der Waals surface area contributed by atoms with E-state index in [0.717, 1.165) is 5.06 Å². The van der Waals surface area contributed by atoms with Crippen LogP contribution in [0.4, 0.5) is 5.82 Å². The van der Waals surface area contributed by atoms with Crippen LogP contribution in [0.15, 0.2) is 12.1 Å². The molecule has 0 spiro atoms. The van der Waals surface area contributed by atoms with Gasteiger partial charge in [0.25, 0.3) is 11.7 Å². The average molecular weight is 226 g/mol. The molecule has 0 aliphatic heterocycles. The molecule has 1 aromatic heterocycles. The summed E-state index contributed by atoms with van der Waals surface area (Å²) in [6, 6.07) is 2.87. The van der Waals surface area contributed by atoms with Gasteiger partial charge in [0.15, 0.2) is 0 Å². The Morgan fingerprint density at radius 3 is 2.80 bits per heavy atom. The second kappa shape index (κ2) is 4.73. The molecule has 0 radical (unpaired) electrons. The second-order valence-corrected chi connectivity index (χ2v) is 2.96. The number of aromatic nitrogens is 1. The Morgan fingerprint density at radius 1 is 1.67 bits per heavy atom. The summed E-state index contributed by atoms with van der Waals surface area (Å²) in [6.45, 7) is 6.72. The number of nitrogens with zero attached hydrogens (tertiary/aromatic N) is 3. The van der Waals surface area contributed by atoms with Crippen molar-refractivity contribution >= 4 is 23.3 Å². The van der Waals surface area contributed by atoms with E-state index in [-0.39, 0.29) is 16.5 Å². The van der Waals surface area contributed by atoms with Gasteiger partial charge in [-0.05, 0) is 17.7 Å². The number of hydrogen-bond donors (Lipinski definition) is 0. The Balaban J connectivity index is 3.07. The van der Waals surface area contributed by atoms with Crippen molar-refractivity contribution in [3.05, 3.63) is 34.3 Å². The number of carbonyl (C=O) groups is 1. The quantitative estimate of drug-likeness (QED) is 0.439. The fraction of sp³-hybridized carbons (Fsp3) is 0.222. The Kier molecular flexibility index (Phi) is 3.61. The molecule has 0 aliphatic rings. The van der Waals surface area contributed by atoms with Crippen LogP contribution in [0.2, 0.25) is 5.15 Å². The van der Waals surface area contributed by atoms with E-state index in [9.17, 15) is 4.79 Å². The Bertz CT molecular complexity index is 428. The molecule has 0 unspecified atom stereocenters. The maximum atomic E-state index is 11.6. The van der Waals surface area contributed by atoms with Gasteiger partial charge in [0.05, 0.1) is 7.11 Å². The van der Waals surface area contributed by atoms with Gasteiger partial charge in [0, 0.05) is 7.05 Å². The van der Waals surface area contributed by atoms with E-state index in [1.165, 1.54) is 26.3 Å². The summed E-state index contributed by atoms with van der Waals surface area (Å²) < 4.78 is 0. The molecular weight excluding hydrogens is 218 g/mol. The van der Waals surface area contributed by atoms with Crippen molar-refractivity contribution in [1.82, 2.24) is 10.0 Å². The number of halogens is 1. The van der Waals surface area contributed by atoms with Crippen LogP contribution in [-0.2, 0) is 4.84 Å². The van der Waals surface area contributed by atoms with Crippen molar-refractivity contribution in [1.29, 1.82) is 0 Å². The SMILES string of the molecule is [C-]#[N+]c1ccc(C(=O)N(C)OC)c(Cl)n1. The van der Waals surface area contributed by atoms with E-state index in [0.29, 0.717) is 0 Å². The van der Waals surface area contributed by atoms with Gasteiger partial charge in [-0.3, -0.25) is 9.63 Å². The number of pyridine rings is 1. The van der Waals surface area contributed by atoms with Crippen LogP contribution in [0.1, 0.15) is 10.4 Å². The van der Waals surface area contributed by atoms with Crippen molar-refractivity contribution in [3.63, 3.8) is 0 Å². The lowest BCUT2D eigenvalue weighted by atomic mass is 10.2. The highest BCUT2D eigenvalue weighted by atomic mass is 35.5. The molecular formula is C9H8ClN3O2. The topological polar surface area (TPSA) is 46.8 Å². The lowest BCUT2D eigenvalue weighted by Gasteiger charge is -2.12. The van der Waals surface area contributed by atoms with Crippen LogP contribution < -0.4 is 0 Å². The first-order valence-corrected chi connectivity index (χ1v) is 4.34. The Hall–Kier alpha value is -1.64. The first-order valence-electron chi connectivity index (χ1n) is 3.96. The minimum absolute atomic E-state index is 0.00241. The highest BCUT2D eigenvalue weighted by molar-refractivity contribution is 6.32. The highest BCUT2D eigenvalue weighted by Crippen LogP contribution is 2.19. The summed E-state index contributed by atoms with van der Waals surface area (Å²) >= 11 is 5.75. The van der Waals surface area contributed by atoms with Crippen molar-refractivity contribution in [2.75, 3.05) is 14.2 Å². The van der Waals surface area contributed by atoms with E-state index in [2.05, 4.69) is 9.83 Å². The summed E-state index contributed by atoms with van der Waals surface area (Å²) in [5.74, 6) is -0.261. The number of carbonyl (C=O) groups excluding carboxylic acids is 1. The zero-order chi connectivity index (χ0) is 11.4. The van der Waals surface area contributed by atoms with Gasteiger partial charge in [-0.1, -0.05) is 12.6 Å². The van der Waals surface area contributed by atoms with E-state index < -0.39 is 5.91 Å². The second-order valence-electron chi connectivity index (χ2n) is 2.60. The third-order valence-corrected chi connectivity index (χ3v) is 2.03. The molecule has 1 amide bonds. The number of rotatable bonds is 2. The Morgan fingerprint density at radius 2 is 2.33 bits per heavy atom. The minimum Gasteiger partial charge on any atom is -0.361 e. The molecule has 1 aromatic rings. The molecule has 0 bridgehead atoms. The summed E-state index contributed by atoms with van der Waals surface area (Å²) in [5.41, 5.74) is 0.202. The van der Waals surface area contributed by atoms with Gasteiger partial charge < -0.3 is 4.85 Å².